The molecule has 1 N–H and O–H groups in total. The third-order valence-electron chi connectivity index (χ3n) is 5.02. The Morgan fingerprint density at radius 3 is 1.86 bits per heavy atom. The molecular formula is C26H29BrN2. The van der Waals surface area contributed by atoms with Crippen molar-refractivity contribution in [2.75, 3.05) is 31.1 Å². The van der Waals surface area contributed by atoms with E-state index in [1.807, 2.05) is 6.07 Å². The van der Waals surface area contributed by atoms with Crippen LogP contribution in [0.3, 0.4) is 0 Å². The molecular weight excluding hydrogens is 420 g/mol. The van der Waals surface area contributed by atoms with Crippen molar-refractivity contribution in [3.8, 4) is 0 Å². The summed E-state index contributed by atoms with van der Waals surface area (Å²) >= 11 is 3.89. The highest BCUT2D eigenvalue weighted by molar-refractivity contribution is 9.15. The Bertz CT molecular complexity index is 902. The van der Waals surface area contributed by atoms with E-state index in [4.69, 9.17) is 0 Å². The van der Waals surface area contributed by atoms with Gasteiger partial charge in [0.25, 0.3) is 0 Å². The lowest BCUT2D eigenvalue weighted by molar-refractivity contribution is 0.688. The molecule has 0 aliphatic heterocycles. The van der Waals surface area contributed by atoms with Gasteiger partial charge in [0.15, 0.2) is 0 Å². The highest BCUT2D eigenvalue weighted by atomic mass is 79.9. The first-order valence-electron chi connectivity index (χ1n) is 10.3. The summed E-state index contributed by atoms with van der Waals surface area (Å²) in [5.74, 6) is 0. The zero-order chi connectivity index (χ0) is 20.5. The summed E-state index contributed by atoms with van der Waals surface area (Å²) in [5, 5.41) is 3.41. The van der Waals surface area contributed by atoms with Gasteiger partial charge in [-0.2, -0.15) is 0 Å². The van der Waals surface area contributed by atoms with Gasteiger partial charge in [-0.15, -0.1) is 0 Å². The van der Waals surface area contributed by atoms with Crippen LogP contribution in [-0.2, 0) is 0 Å². The Balaban J connectivity index is 1.97. The van der Waals surface area contributed by atoms with Crippen molar-refractivity contribution in [3.05, 3.63) is 102 Å². The molecule has 0 aromatic heterocycles. The molecule has 150 valence electrons. The van der Waals surface area contributed by atoms with Gasteiger partial charge in [-0.05, 0) is 58.2 Å². The molecule has 0 atom stereocenters. The molecule has 3 aromatic rings. The van der Waals surface area contributed by atoms with E-state index in [2.05, 4.69) is 119 Å². The van der Waals surface area contributed by atoms with E-state index < -0.39 is 0 Å². The van der Waals surface area contributed by atoms with E-state index in [0.717, 1.165) is 30.7 Å². The highest BCUT2D eigenvalue weighted by Crippen LogP contribution is 2.36. The van der Waals surface area contributed by atoms with Crippen LogP contribution in [0.4, 0.5) is 5.69 Å². The van der Waals surface area contributed by atoms with Crippen molar-refractivity contribution in [3.63, 3.8) is 0 Å². The van der Waals surface area contributed by atoms with Gasteiger partial charge in [0.05, 0.1) is 0 Å². The summed E-state index contributed by atoms with van der Waals surface area (Å²) in [6.45, 7) is 8.38. The first-order valence-corrected chi connectivity index (χ1v) is 11.1. The van der Waals surface area contributed by atoms with E-state index >= 15 is 0 Å². The molecule has 0 fully saturated rings. The van der Waals surface area contributed by atoms with Crippen molar-refractivity contribution >= 4 is 31.7 Å². The second kappa shape index (κ2) is 11.0. The van der Waals surface area contributed by atoms with Crippen LogP contribution in [0.15, 0.2) is 84.9 Å². The summed E-state index contributed by atoms with van der Waals surface area (Å²) in [7, 11) is 0. The highest BCUT2D eigenvalue weighted by Gasteiger charge is 2.13. The monoisotopic (exact) mass is 448 g/mol. The van der Waals surface area contributed by atoms with Gasteiger partial charge < -0.3 is 10.2 Å². The van der Waals surface area contributed by atoms with Crippen LogP contribution in [0.1, 0.15) is 30.5 Å². The van der Waals surface area contributed by atoms with Crippen LogP contribution in [-0.4, -0.2) is 26.2 Å². The third-order valence-corrected chi connectivity index (χ3v) is 5.87. The Morgan fingerprint density at radius 1 is 0.759 bits per heavy atom. The van der Waals surface area contributed by atoms with Crippen LogP contribution in [0, 0.1) is 0 Å². The molecule has 0 saturated carbocycles. The van der Waals surface area contributed by atoms with Gasteiger partial charge in [0, 0.05) is 35.4 Å². The zero-order valence-corrected chi connectivity index (χ0v) is 18.8. The fourth-order valence-corrected chi connectivity index (χ4v) is 4.18. The molecule has 0 unspecified atom stereocenters. The summed E-state index contributed by atoms with van der Waals surface area (Å²) in [6, 6.07) is 30.0. The molecule has 0 aliphatic rings. The molecule has 0 spiro atoms. The van der Waals surface area contributed by atoms with Gasteiger partial charge in [0.2, 0.25) is 0 Å². The predicted octanol–water partition coefficient (Wildman–Crippen LogP) is 6.43. The normalized spacial score (nSPS) is 11.8. The maximum absolute atomic E-state index is 3.89. The zero-order valence-electron chi connectivity index (χ0n) is 17.2. The summed E-state index contributed by atoms with van der Waals surface area (Å²) < 4.78 is 1.11. The number of hydrogen-bond donors (Lipinski definition) is 1. The SMILES string of the molecule is CCNCCN(CC)c1ccc(C(=C(Br)c2ccccc2)c2ccccc2)cc1. The first-order chi connectivity index (χ1) is 14.2. The number of benzene rings is 3. The number of rotatable bonds is 9. The Labute approximate surface area is 183 Å². The van der Waals surface area contributed by atoms with Gasteiger partial charge in [-0.25, -0.2) is 0 Å². The average Bonchev–Trinajstić information content (AvgIpc) is 2.79. The molecule has 3 rings (SSSR count). The molecule has 3 heteroatoms. The summed E-state index contributed by atoms with van der Waals surface area (Å²) in [5.41, 5.74) is 6.06. The van der Waals surface area contributed by atoms with Crippen LogP contribution in [0.25, 0.3) is 10.1 Å². The van der Waals surface area contributed by atoms with E-state index in [9.17, 15) is 0 Å². The molecule has 0 heterocycles. The molecule has 3 aromatic carbocycles. The van der Waals surface area contributed by atoms with E-state index in [0.29, 0.717) is 0 Å². The van der Waals surface area contributed by atoms with Crippen LogP contribution in [0.5, 0.6) is 0 Å². The van der Waals surface area contributed by atoms with Gasteiger partial charge >= 0.3 is 0 Å². The number of nitrogens with one attached hydrogen (secondary N) is 1. The standard InChI is InChI=1S/C26H29BrN2/c1-3-28-19-20-29(4-2)24-17-15-22(16-18-24)25(21-11-7-5-8-12-21)26(27)23-13-9-6-10-14-23/h5-18,28H,3-4,19-20H2,1-2H3. The number of nitrogens with zero attached hydrogens (tertiary/aromatic N) is 1. The van der Waals surface area contributed by atoms with Crippen molar-refractivity contribution in [2.45, 2.75) is 13.8 Å². The van der Waals surface area contributed by atoms with E-state index in [1.54, 1.807) is 0 Å². The van der Waals surface area contributed by atoms with Crippen LogP contribution in [0.2, 0.25) is 0 Å². The minimum absolute atomic E-state index is 1.000. The van der Waals surface area contributed by atoms with Crippen molar-refractivity contribution in [2.24, 2.45) is 0 Å². The molecule has 0 bridgehead atoms. The van der Waals surface area contributed by atoms with E-state index in [-0.39, 0.29) is 0 Å². The fraction of sp³-hybridized carbons (Fsp3) is 0.231. The second-order valence-corrected chi connectivity index (χ2v) is 7.69. The molecule has 29 heavy (non-hydrogen) atoms. The van der Waals surface area contributed by atoms with Crippen molar-refractivity contribution < 1.29 is 0 Å². The Kier molecular flexibility index (Phi) is 8.09. The summed E-state index contributed by atoms with van der Waals surface area (Å²) in [4.78, 5) is 2.41. The van der Waals surface area contributed by atoms with E-state index in [1.165, 1.54) is 28.0 Å². The van der Waals surface area contributed by atoms with Crippen molar-refractivity contribution in [1.82, 2.24) is 5.32 Å². The maximum atomic E-state index is 3.89. The van der Waals surface area contributed by atoms with Crippen molar-refractivity contribution in [1.29, 1.82) is 0 Å². The van der Waals surface area contributed by atoms with Gasteiger partial charge in [-0.3, -0.25) is 0 Å². The second-order valence-electron chi connectivity index (χ2n) is 6.90. The predicted molar refractivity (Wildman–Crippen MR) is 131 cm³/mol. The topological polar surface area (TPSA) is 15.3 Å². The minimum Gasteiger partial charge on any atom is -0.371 e. The quantitative estimate of drug-likeness (QED) is 0.299. The molecule has 0 aliphatic carbocycles. The molecule has 0 radical (unpaired) electrons. The molecule has 0 saturated heterocycles. The van der Waals surface area contributed by atoms with Gasteiger partial charge in [0.1, 0.15) is 0 Å². The number of likely N-dealkylation sites (N-methyl/N-ethyl adjacent to an activating group) is 2. The number of anilines is 1. The summed E-state index contributed by atoms with van der Waals surface area (Å²) in [6.07, 6.45) is 0. The number of halogens is 1. The maximum Gasteiger partial charge on any atom is 0.0366 e. The average molecular weight is 449 g/mol. The lowest BCUT2D eigenvalue weighted by atomic mass is 9.95. The van der Waals surface area contributed by atoms with Gasteiger partial charge in [-0.1, -0.05) is 79.7 Å². The fourth-order valence-electron chi connectivity index (χ4n) is 3.45. The minimum atomic E-state index is 1.000. The van der Waals surface area contributed by atoms with Crippen LogP contribution < -0.4 is 10.2 Å². The lowest BCUT2D eigenvalue weighted by Crippen LogP contribution is -2.31. The Hall–Kier alpha value is -2.36. The van der Waals surface area contributed by atoms with Crippen LogP contribution >= 0.6 is 15.9 Å². The molecule has 2 nitrogen and oxygen atoms in total. The third kappa shape index (κ3) is 5.59. The first kappa shape index (κ1) is 21.4. The smallest absolute Gasteiger partial charge is 0.0366 e. The Morgan fingerprint density at radius 2 is 1.31 bits per heavy atom. The molecule has 0 amide bonds. The number of hydrogen-bond acceptors (Lipinski definition) is 2. The lowest BCUT2D eigenvalue weighted by Gasteiger charge is -2.24. The largest absolute Gasteiger partial charge is 0.371 e.